The van der Waals surface area contributed by atoms with E-state index in [1.54, 1.807) is 0 Å². The number of carbonyl (C=O) groups is 1. The molecule has 0 radical (unpaired) electrons. The first kappa shape index (κ1) is 8.05. The van der Waals surface area contributed by atoms with Crippen LogP contribution in [0.15, 0.2) is 0 Å². The Morgan fingerprint density at radius 1 is 1.67 bits per heavy atom. The first-order chi connectivity index (χ1) is 5.69. The van der Waals surface area contributed by atoms with E-state index in [1.807, 2.05) is 0 Å². The van der Waals surface area contributed by atoms with Crippen LogP contribution in [0.3, 0.4) is 0 Å². The highest BCUT2D eigenvalue weighted by molar-refractivity contribution is 5.78. The number of rotatable bonds is 1. The van der Waals surface area contributed by atoms with E-state index in [1.165, 1.54) is 7.11 Å². The lowest BCUT2D eigenvalue weighted by atomic mass is 9.80. The number of hydrogen-bond acceptors (Lipinski definition) is 3. The van der Waals surface area contributed by atoms with Crippen LogP contribution >= 0.6 is 0 Å². The maximum absolute atomic E-state index is 11.5. The van der Waals surface area contributed by atoms with E-state index in [0.717, 1.165) is 25.7 Å². The Morgan fingerprint density at radius 3 is 2.83 bits per heavy atom. The van der Waals surface area contributed by atoms with Crippen molar-refractivity contribution in [2.45, 2.75) is 31.7 Å². The first-order valence-corrected chi connectivity index (χ1v) is 4.53. The summed E-state index contributed by atoms with van der Waals surface area (Å²) in [5.41, 5.74) is 5.62. The van der Waals surface area contributed by atoms with Crippen LogP contribution in [0.4, 0.5) is 0 Å². The van der Waals surface area contributed by atoms with E-state index in [2.05, 4.69) is 0 Å². The molecule has 2 fully saturated rings. The monoisotopic (exact) mass is 169 g/mol. The van der Waals surface area contributed by atoms with Crippen molar-refractivity contribution in [2.75, 3.05) is 7.11 Å². The van der Waals surface area contributed by atoms with Gasteiger partial charge in [-0.05, 0) is 31.6 Å². The maximum Gasteiger partial charge on any atom is 0.313 e. The summed E-state index contributed by atoms with van der Waals surface area (Å²) < 4.78 is 4.81. The van der Waals surface area contributed by atoms with Crippen molar-refractivity contribution in [1.82, 2.24) is 0 Å². The van der Waals surface area contributed by atoms with E-state index in [0.29, 0.717) is 5.92 Å². The smallest absolute Gasteiger partial charge is 0.313 e. The fourth-order valence-electron chi connectivity index (χ4n) is 2.84. The summed E-state index contributed by atoms with van der Waals surface area (Å²) >= 11 is 0. The molecule has 2 N–H and O–H groups in total. The van der Waals surface area contributed by atoms with E-state index in [9.17, 15) is 4.79 Å². The van der Waals surface area contributed by atoms with Crippen molar-refractivity contribution < 1.29 is 9.53 Å². The van der Waals surface area contributed by atoms with E-state index < -0.39 is 0 Å². The van der Waals surface area contributed by atoms with Gasteiger partial charge in [-0.2, -0.15) is 0 Å². The van der Waals surface area contributed by atoms with Gasteiger partial charge in [0.25, 0.3) is 0 Å². The minimum absolute atomic E-state index is 0.0451. The standard InChI is InChI=1S/C9H15NO2/c1-12-8(11)9-3-2-6(5-9)4-7(9)10/h6-7H,2-5,10H2,1H3. The van der Waals surface area contributed by atoms with Crippen molar-refractivity contribution in [2.24, 2.45) is 17.1 Å². The SMILES string of the molecule is COC(=O)C12CCC(CC1N)C2. The topological polar surface area (TPSA) is 52.3 Å². The van der Waals surface area contributed by atoms with Gasteiger partial charge in [0, 0.05) is 6.04 Å². The molecule has 2 rings (SSSR count). The molecule has 3 nitrogen and oxygen atoms in total. The highest BCUT2D eigenvalue weighted by Crippen LogP contribution is 2.53. The Hall–Kier alpha value is -0.570. The number of methoxy groups -OCH3 is 1. The van der Waals surface area contributed by atoms with Crippen LogP contribution in [0.2, 0.25) is 0 Å². The molecule has 2 aliphatic carbocycles. The first-order valence-electron chi connectivity index (χ1n) is 4.53. The van der Waals surface area contributed by atoms with Crippen LogP contribution < -0.4 is 5.73 Å². The molecular weight excluding hydrogens is 154 g/mol. The zero-order valence-electron chi connectivity index (χ0n) is 7.38. The molecule has 0 amide bonds. The quantitative estimate of drug-likeness (QED) is 0.587. The molecule has 0 spiro atoms. The molecule has 3 unspecified atom stereocenters. The number of carbonyl (C=O) groups excluding carboxylic acids is 1. The molecule has 0 aliphatic heterocycles. The summed E-state index contributed by atoms with van der Waals surface area (Å²) in [6.45, 7) is 0. The van der Waals surface area contributed by atoms with Crippen molar-refractivity contribution in [3.05, 3.63) is 0 Å². The molecule has 0 heterocycles. The van der Waals surface area contributed by atoms with Crippen molar-refractivity contribution >= 4 is 5.97 Å². The van der Waals surface area contributed by atoms with Crippen LogP contribution in [-0.4, -0.2) is 19.1 Å². The summed E-state index contributed by atoms with van der Waals surface area (Å²) in [4.78, 5) is 11.5. The van der Waals surface area contributed by atoms with Gasteiger partial charge in [0.05, 0.1) is 12.5 Å². The molecule has 2 saturated carbocycles. The third-order valence-electron chi connectivity index (χ3n) is 3.54. The zero-order valence-corrected chi connectivity index (χ0v) is 7.38. The van der Waals surface area contributed by atoms with Crippen molar-refractivity contribution in [3.63, 3.8) is 0 Å². The highest BCUT2D eigenvalue weighted by Gasteiger charge is 2.56. The lowest BCUT2D eigenvalue weighted by Gasteiger charge is -2.29. The molecule has 0 saturated heterocycles. The third kappa shape index (κ3) is 0.829. The maximum atomic E-state index is 11.5. The average Bonchev–Trinajstić information content (AvgIpc) is 2.60. The molecule has 2 aliphatic rings. The Balaban J connectivity index is 2.23. The van der Waals surface area contributed by atoms with Crippen molar-refractivity contribution in [3.8, 4) is 0 Å². The number of ether oxygens (including phenoxy) is 1. The molecule has 2 bridgehead atoms. The minimum Gasteiger partial charge on any atom is -0.469 e. The second-order valence-electron chi connectivity index (χ2n) is 4.10. The number of fused-ring (bicyclic) bond motifs is 2. The largest absolute Gasteiger partial charge is 0.469 e. The van der Waals surface area contributed by atoms with E-state index in [4.69, 9.17) is 10.5 Å². The van der Waals surface area contributed by atoms with Gasteiger partial charge in [-0.15, -0.1) is 0 Å². The predicted octanol–water partition coefficient (Wildman–Crippen LogP) is 0.677. The second kappa shape index (κ2) is 2.46. The Kier molecular flexibility index (Phi) is 1.65. The van der Waals surface area contributed by atoms with Gasteiger partial charge in [0.1, 0.15) is 0 Å². The summed E-state index contributed by atoms with van der Waals surface area (Å²) in [7, 11) is 1.45. The summed E-state index contributed by atoms with van der Waals surface area (Å²) in [5, 5.41) is 0. The normalized spacial score (nSPS) is 44.8. The zero-order chi connectivity index (χ0) is 8.77. The van der Waals surface area contributed by atoms with Gasteiger partial charge in [0.15, 0.2) is 0 Å². The Bertz CT molecular complexity index is 217. The molecule has 12 heavy (non-hydrogen) atoms. The van der Waals surface area contributed by atoms with E-state index >= 15 is 0 Å². The van der Waals surface area contributed by atoms with Gasteiger partial charge in [-0.25, -0.2) is 0 Å². The predicted molar refractivity (Wildman–Crippen MR) is 44.4 cm³/mol. The molecule has 3 heteroatoms. The molecular formula is C9H15NO2. The molecule has 0 aromatic heterocycles. The lowest BCUT2D eigenvalue weighted by molar-refractivity contribution is -0.153. The lowest BCUT2D eigenvalue weighted by Crippen LogP contribution is -2.44. The van der Waals surface area contributed by atoms with Gasteiger partial charge >= 0.3 is 5.97 Å². The Labute approximate surface area is 72.3 Å². The molecule has 0 aromatic carbocycles. The molecule has 68 valence electrons. The van der Waals surface area contributed by atoms with Crippen LogP contribution in [-0.2, 0) is 9.53 Å². The second-order valence-corrected chi connectivity index (χ2v) is 4.10. The van der Waals surface area contributed by atoms with Crippen molar-refractivity contribution in [1.29, 1.82) is 0 Å². The highest BCUT2D eigenvalue weighted by atomic mass is 16.5. The average molecular weight is 169 g/mol. The number of hydrogen-bond donors (Lipinski definition) is 1. The van der Waals surface area contributed by atoms with Crippen LogP contribution in [0.25, 0.3) is 0 Å². The summed E-state index contributed by atoms with van der Waals surface area (Å²) in [6.07, 6.45) is 4.06. The summed E-state index contributed by atoms with van der Waals surface area (Å²) in [6, 6.07) is 0.0451. The fraction of sp³-hybridized carbons (Fsp3) is 0.889. The van der Waals surface area contributed by atoms with Gasteiger partial charge < -0.3 is 10.5 Å². The number of esters is 1. The molecule has 3 atom stereocenters. The molecule has 0 aromatic rings. The van der Waals surface area contributed by atoms with Crippen LogP contribution in [0.5, 0.6) is 0 Å². The van der Waals surface area contributed by atoms with Gasteiger partial charge in [-0.1, -0.05) is 0 Å². The van der Waals surface area contributed by atoms with Gasteiger partial charge in [0.2, 0.25) is 0 Å². The number of nitrogens with two attached hydrogens (primary N) is 1. The van der Waals surface area contributed by atoms with E-state index in [-0.39, 0.29) is 17.4 Å². The van der Waals surface area contributed by atoms with Crippen LogP contribution in [0, 0.1) is 11.3 Å². The summed E-state index contributed by atoms with van der Waals surface area (Å²) in [5.74, 6) is 0.592. The Morgan fingerprint density at radius 2 is 2.42 bits per heavy atom. The minimum atomic E-state index is -0.306. The fourth-order valence-corrected chi connectivity index (χ4v) is 2.84. The van der Waals surface area contributed by atoms with Crippen LogP contribution in [0.1, 0.15) is 25.7 Å². The third-order valence-corrected chi connectivity index (χ3v) is 3.54. The van der Waals surface area contributed by atoms with Gasteiger partial charge in [-0.3, -0.25) is 4.79 Å².